The van der Waals surface area contributed by atoms with Crippen LogP contribution in [0.2, 0.25) is 0 Å². The normalized spacial score (nSPS) is 9.50. The van der Waals surface area contributed by atoms with Crippen LogP contribution in [0.3, 0.4) is 0 Å². The van der Waals surface area contributed by atoms with Crippen LogP contribution < -0.4 is 5.73 Å². The summed E-state index contributed by atoms with van der Waals surface area (Å²) in [7, 11) is 0. The smallest absolute Gasteiger partial charge is 0.103 e. The number of benzene rings is 1. The number of hydrogen-bond acceptors (Lipinski definition) is 2. The van der Waals surface area contributed by atoms with Crippen LogP contribution in [0.15, 0.2) is 19.5 Å². The molecule has 0 heterocycles. The van der Waals surface area contributed by atoms with Gasteiger partial charge in [-0.15, -0.1) is 0 Å². The zero-order valence-electron chi connectivity index (χ0n) is 5.74. The van der Waals surface area contributed by atoms with E-state index < -0.39 is 0 Å². The summed E-state index contributed by atoms with van der Waals surface area (Å²) in [5.41, 5.74) is 6.54. The summed E-state index contributed by atoms with van der Waals surface area (Å²) in [6.07, 6.45) is 0. The molecule has 0 fully saturated rings. The number of nitriles is 1. The number of rotatable bonds is 0. The number of halogens is 3. The fourth-order valence-corrected chi connectivity index (χ4v) is 2.30. The maximum atomic E-state index is 8.75. The highest BCUT2D eigenvalue weighted by molar-refractivity contribution is 9.13. The summed E-state index contributed by atoms with van der Waals surface area (Å²) < 4.78 is 2.21. The van der Waals surface area contributed by atoms with Crippen molar-refractivity contribution < 1.29 is 0 Å². The van der Waals surface area contributed by atoms with Gasteiger partial charge < -0.3 is 5.73 Å². The maximum Gasteiger partial charge on any atom is 0.103 e. The standard InChI is InChI=1S/C7H3Br3N2/c8-4-1-5(9)7(12)3(2-11)6(4)10/h1H,12H2. The van der Waals surface area contributed by atoms with Crippen molar-refractivity contribution in [1.82, 2.24) is 0 Å². The van der Waals surface area contributed by atoms with Crippen molar-refractivity contribution in [2.45, 2.75) is 0 Å². The highest BCUT2D eigenvalue weighted by atomic mass is 79.9. The number of nitrogen functional groups attached to an aromatic ring is 1. The van der Waals surface area contributed by atoms with Gasteiger partial charge in [0.2, 0.25) is 0 Å². The number of nitrogens with zero attached hydrogens (tertiary/aromatic N) is 1. The molecular weight excluding hydrogens is 352 g/mol. The van der Waals surface area contributed by atoms with E-state index in [-0.39, 0.29) is 0 Å². The third kappa shape index (κ3) is 1.65. The Balaban J connectivity index is 3.56. The SMILES string of the molecule is N#Cc1c(N)c(Br)cc(Br)c1Br. The van der Waals surface area contributed by atoms with E-state index in [1.165, 1.54) is 0 Å². The Hall–Kier alpha value is -0.0500. The third-order valence-electron chi connectivity index (χ3n) is 1.32. The lowest BCUT2D eigenvalue weighted by Gasteiger charge is -2.04. The van der Waals surface area contributed by atoms with Crippen LogP contribution in [0.1, 0.15) is 5.56 Å². The molecule has 12 heavy (non-hydrogen) atoms. The third-order valence-corrected chi connectivity index (χ3v) is 3.96. The van der Waals surface area contributed by atoms with Gasteiger partial charge in [0.25, 0.3) is 0 Å². The fourth-order valence-electron chi connectivity index (χ4n) is 0.719. The minimum absolute atomic E-state index is 0.441. The Bertz CT molecular complexity index is 342. The van der Waals surface area contributed by atoms with Gasteiger partial charge in [0.1, 0.15) is 6.07 Å². The van der Waals surface area contributed by atoms with E-state index in [1.54, 1.807) is 6.07 Å². The molecule has 0 saturated heterocycles. The lowest BCUT2D eigenvalue weighted by molar-refractivity contribution is 1.44. The molecule has 0 spiro atoms. The average molecular weight is 355 g/mol. The predicted octanol–water partition coefficient (Wildman–Crippen LogP) is 3.43. The largest absolute Gasteiger partial charge is 0.397 e. The number of anilines is 1. The van der Waals surface area contributed by atoms with Crippen molar-refractivity contribution in [3.05, 3.63) is 25.0 Å². The molecule has 5 heteroatoms. The van der Waals surface area contributed by atoms with Gasteiger partial charge in [0.15, 0.2) is 0 Å². The van der Waals surface area contributed by atoms with Crippen molar-refractivity contribution in [2.24, 2.45) is 0 Å². The minimum atomic E-state index is 0.441. The summed E-state index contributed by atoms with van der Waals surface area (Å²) in [5.74, 6) is 0. The maximum absolute atomic E-state index is 8.75. The van der Waals surface area contributed by atoms with Crippen molar-refractivity contribution >= 4 is 53.5 Å². The van der Waals surface area contributed by atoms with Gasteiger partial charge in [-0.05, 0) is 53.9 Å². The Kier molecular flexibility index (Phi) is 3.16. The second-order valence-corrected chi connectivity index (χ2v) is 4.56. The van der Waals surface area contributed by atoms with Gasteiger partial charge in [-0.1, -0.05) is 0 Å². The molecule has 0 aliphatic carbocycles. The van der Waals surface area contributed by atoms with Crippen molar-refractivity contribution in [3.8, 4) is 6.07 Å². The quantitative estimate of drug-likeness (QED) is 0.573. The summed E-state index contributed by atoms with van der Waals surface area (Å²) in [6, 6.07) is 3.81. The molecule has 0 aliphatic rings. The lowest BCUT2D eigenvalue weighted by atomic mass is 10.2. The summed E-state index contributed by atoms with van der Waals surface area (Å²) >= 11 is 9.79. The molecule has 1 aromatic rings. The monoisotopic (exact) mass is 352 g/mol. The van der Waals surface area contributed by atoms with Crippen molar-refractivity contribution in [3.63, 3.8) is 0 Å². The van der Waals surface area contributed by atoms with Crippen LogP contribution in [0, 0.1) is 11.3 Å². The van der Waals surface area contributed by atoms with Crippen LogP contribution in [0.25, 0.3) is 0 Å². The van der Waals surface area contributed by atoms with E-state index in [0.29, 0.717) is 20.2 Å². The van der Waals surface area contributed by atoms with Gasteiger partial charge >= 0.3 is 0 Å². The molecule has 1 aromatic carbocycles. The predicted molar refractivity (Wildman–Crippen MR) is 58.7 cm³/mol. The first-order valence-electron chi connectivity index (χ1n) is 2.91. The Morgan fingerprint density at radius 3 is 2.33 bits per heavy atom. The fraction of sp³-hybridized carbons (Fsp3) is 0. The molecule has 0 amide bonds. The van der Waals surface area contributed by atoms with Gasteiger partial charge in [0.05, 0.1) is 15.7 Å². The Morgan fingerprint density at radius 1 is 1.25 bits per heavy atom. The Morgan fingerprint density at radius 2 is 1.83 bits per heavy atom. The molecular formula is C7H3Br3N2. The molecule has 2 nitrogen and oxygen atoms in total. The Labute approximate surface area is 95.1 Å². The van der Waals surface area contributed by atoms with Crippen molar-refractivity contribution in [1.29, 1.82) is 5.26 Å². The molecule has 0 aromatic heterocycles. The van der Waals surface area contributed by atoms with Crippen molar-refractivity contribution in [2.75, 3.05) is 5.73 Å². The summed E-state index contributed by atoms with van der Waals surface area (Å²) in [5, 5.41) is 8.75. The highest BCUT2D eigenvalue weighted by Gasteiger charge is 2.10. The first-order valence-corrected chi connectivity index (χ1v) is 5.29. The van der Waals surface area contributed by atoms with Gasteiger partial charge in [0, 0.05) is 8.95 Å². The van der Waals surface area contributed by atoms with E-state index in [9.17, 15) is 0 Å². The summed E-state index contributed by atoms with van der Waals surface area (Å²) in [6.45, 7) is 0. The van der Waals surface area contributed by atoms with Crippen LogP contribution in [-0.4, -0.2) is 0 Å². The minimum Gasteiger partial charge on any atom is -0.397 e. The highest BCUT2D eigenvalue weighted by Crippen LogP contribution is 2.35. The molecule has 0 bridgehead atoms. The van der Waals surface area contributed by atoms with Crippen LogP contribution in [0.5, 0.6) is 0 Å². The van der Waals surface area contributed by atoms with E-state index in [0.717, 1.165) is 4.47 Å². The first-order chi connectivity index (χ1) is 5.57. The molecule has 0 aliphatic heterocycles. The van der Waals surface area contributed by atoms with Gasteiger partial charge in [-0.2, -0.15) is 5.26 Å². The second kappa shape index (κ2) is 3.77. The van der Waals surface area contributed by atoms with Crippen LogP contribution in [0.4, 0.5) is 5.69 Å². The average Bonchev–Trinajstić information content (AvgIpc) is 2.02. The number of hydrogen-bond donors (Lipinski definition) is 1. The van der Waals surface area contributed by atoms with Gasteiger partial charge in [-0.25, -0.2) is 0 Å². The summed E-state index contributed by atoms with van der Waals surface area (Å²) in [4.78, 5) is 0. The van der Waals surface area contributed by atoms with Crippen LogP contribution >= 0.6 is 47.8 Å². The molecule has 0 saturated carbocycles. The second-order valence-electron chi connectivity index (χ2n) is 2.05. The zero-order chi connectivity index (χ0) is 9.30. The topological polar surface area (TPSA) is 49.8 Å². The molecule has 1 rings (SSSR count). The molecule has 0 atom stereocenters. The lowest BCUT2D eigenvalue weighted by Crippen LogP contribution is -1.93. The van der Waals surface area contributed by atoms with E-state index in [1.807, 2.05) is 6.07 Å². The first kappa shape index (κ1) is 10.0. The molecule has 0 radical (unpaired) electrons. The van der Waals surface area contributed by atoms with E-state index in [2.05, 4.69) is 47.8 Å². The number of nitrogens with two attached hydrogens (primary N) is 1. The van der Waals surface area contributed by atoms with E-state index >= 15 is 0 Å². The van der Waals surface area contributed by atoms with Crippen LogP contribution in [-0.2, 0) is 0 Å². The van der Waals surface area contributed by atoms with Gasteiger partial charge in [-0.3, -0.25) is 0 Å². The molecule has 0 unspecified atom stereocenters. The zero-order valence-corrected chi connectivity index (χ0v) is 10.5. The van der Waals surface area contributed by atoms with E-state index in [4.69, 9.17) is 11.0 Å². The molecule has 2 N–H and O–H groups in total. The molecule has 62 valence electrons.